The summed E-state index contributed by atoms with van der Waals surface area (Å²) < 4.78 is 0. The Morgan fingerprint density at radius 1 is 1.65 bits per heavy atom. The van der Waals surface area contributed by atoms with Gasteiger partial charge in [0, 0.05) is 5.75 Å². The molecule has 0 unspecified atom stereocenters. The highest BCUT2D eigenvalue weighted by atomic mass is 35.5. The number of amides is 1. The fourth-order valence-electron chi connectivity index (χ4n) is 1.59. The number of rotatable bonds is 2. The van der Waals surface area contributed by atoms with E-state index in [9.17, 15) is 9.59 Å². The summed E-state index contributed by atoms with van der Waals surface area (Å²) in [4.78, 5) is 23.5. The summed E-state index contributed by atoms with van der Waals surface area (Å²) >= 11 is 11.1. The predicted molar refractivity (Wildman–Crippen MR) is 69.1 cm³/mol. The zero-order chi connectivity index (χ0) is 13.0. The van der Waals surface area contributed by atoms with E-state index in [1.165, 1.54) is 11.0 Å². The molecule has 0 aromatic heterocycles. The van der Waals surface area contributed by atoms with Crippen LogP contribution < -0.4 is 0 Å². The van der Waals surface area contributed by atoms with E-state index >= 15 is 0 Å². The van der Waals surface area contributed by atoms with Crippen LogP contribution in [0.2, 0.25) is 0 Å². The van der Waals surface area contributed by atoms with E-state index in [1.54, 1.807) is 11.8 Å². The molecular weight excluding hydrogens is 285 g/mol. The first-order chi connectivity index (χ1) is 8.06. The number of β-lactam (4-membered cyclic amide) rings is 1. The monoisotopic (exact) mass is 295 g/mol. The van der Waals surface area contributed by atoms with Crippen LogP contribution in [0.25, 0.3) is 0 Å². The van der Waals surface area contributed by atoms with Crippen LogP contribution in [0.4, 0.5) is 0 Å². The second-order valence-corrected chi connectivity index (χ2v) is 5.19. The van der Waals surface area contributed by atoms with Gasteiger partial charge < -0.3 is 5.11 Å². The number of alkyl halides is 2. The highest BCUT2D eigenvalue weighted by Gasteiger charge is 2.44. The van der Waals surface area contributed by atoms with Gasteiger partial charge >= 0.3 is 5.97 Å². The summed E-state index contributed by atoms with van der Waals surface area (Å²) in [6, 6.07) is 0. The maximum Gasteiger partial charge on any atom is 0.352 e. The minimum atomic E-state index is -1.04. The molecule has 0 spiro atoms. The molecule has 2 rings (SSSR count). The topological polar surface area (TPSA) is 57.6 Å². The van der Waals surface area contributed by atoms with Gasteiger partial charge in [0.05, 0.1) is 17.1 Å². The summed E-state index contributed by atoms with van der Waals surface area (Å²) in [7, 11) is 0. The van der Waals surface area contributed by atoms with Crippen LogP contribution in [0.1, 0.15) is 6.42 Å². The molecule has 0 radical (unpaired) electrons. The van der Waals surface area contributed by atoms with Crippen molar-refractivity contribution in [2.45, 2.75) is 11.8 Å². The quantitative estimate of drug-likeness (QED) is 0.627. The lowest BCUT2D eigenvalue weighted by molar-refractivity contribution is -0.146. The molecule has 1 saturated heterocycles. The molecule has 94 valence electrons. The average Bonchev–Trinajstić information content (AvgIpc) is 2.27. The number of carbonyl (C=O) groups is 2. The largest absolute Gasteiger partial charge is 0.477 e. The molecule has 2 heterocycles. The number of carbonyl (C=O) groups excluding carboxylic acids is 1. The zero-order valence-electron chi connectivity index (χ0n) is 8.86. The van der Waals surface area contributed by atoms with Gasteiger partial charge in [-0.1, -0.05) is 12.7 Å². The third-order valence-corrected chi connectivity index (χ3v) is 3.57. The van der Waals surface area contributed by atoms with Crippen molar-refractivity contribution in [3.05, 3.63) is 23.9 Å². The molecule has 0 aromatic carbocycles. The summed E-state index contributed by atoms with van der Waals surface area (Å²) in [5.41, 5.74) is 0.742. The number of allylic oxidation sites excluding steroid dienone is 1. The van der Waals surface area contributed by atoms with Crippen LogP contribution in [0, 0.1) is 0 Å². The number of nitrogens with zero attached hydrogens (tertiary/aromatic N) is 1. The smallest absolute Gasteiger partial charge is 0.352 e. The highest BCUT2D eigenvalue weighted by molar-refractivity contribution is 8.00. The molecule has 0 aromatic rings. The van der Waals surface area contributed by atoms with Gasteiger partial charge in [0.15, 0.2) is 0 Å². The van der Waals surface area contributed by atoms with Crippen molar-refractivity contribution in [2.75, 3.05) is 11.1 Å². The van der Waals surface area contributed by atoms with E-state index in [4.69, 9.17) is 28.3 Å². The van der Waals surface area contributed by atoms with E-state index in [0.717, 1.165) is 0 Å². The maximum atomic E-state index is 11.2. The van der Waals surface area contributed by atoms with Crippen LogP contribution in [0.5, 0.6) is 0 Å². The molecular formula is C10H11Cl2NO3S. The second kappa shape index (κ2) is 6.33. The zero-order valence-corrected chi connectivity index (χ0v) is 11.2. The predicted octanol–water partition coefficient (Wildman–Crippen LogP) is 2.24. The number of hydrogen-bond donors (Lipinski definition) is 1. The lowest BCUT2D eigenvalue weighted by Crippen LogP contribution is -2.53. The van der Waals surface area contributed by atoms with Crippen LogP contribution in [0.15, 0.2) is 23.9 Å². The van der Waals surface area contributed by atoms with E-state index in [1.807, 2.05) is 0 Å². The van der Waals surface area contributed by atoms with Gasteiger partial charge in [-0.15, -0.1) is 35.0 Å². The maximum absolute atomic E-state index is 11.2. The van der Waals surface area contributed by atoms with Crippen LogP contribution in [-0.2, 0) is 9.59 Å². The summed E-state index contributed by atoms with van der Waals surface area (Å²) in [6.07, 6.45) is 1.96. The second-order valence-electron chi connectivity index (χ2n) is 3.22. The van der Waals surface area contributed by atoms with Gasteiger partial charge in [0.25, 0.3) is 0 Å². The van der Waals surface area contributed by atoms with Gasteiger partial charge in [-0.05, 0) is 5.57 Å². The molecule has 1 atom stereocenters. The number of hydrogen-bond acceptors (Lipinski definition) is 3. The third-order valence-electron chi connectivity index (χ3n) is 2.33. The Balaban J connectivity index is 0.000000437. The van der Waals surface area contributed by atoms with Gasteiger partial charge in [-0.3, -0.25) is 9.69 Å². The summed E-state index contributed by atoms with van der Waals surface area (Å²) in [5, 5.41) is 9.19. The van der Waals surface area contributed by atoms with Crippen molar-refractivity contribution < 1.29 is 14.7 Å². The van der Waals surface area contributed by atoms with Gasteiger partial charge in [-0.2, -0.15) is 0 Å². The van der Waals surface area contributed by atoms with Gasteiger partial charge in [0.2, 0.25) is 5.91 Å². The van der Waals surface area contributed by atoms with Crippen molar-refractivity contribution in [1.82, 2.24) is 4.90 Å². The number of aliphatic carboxylic acids is 1. The number of fused-ring (bicyclic) bond motifs is 1. The Morgan fingerprint density at radius 3 is 2.65 bits per heavy atom. The fraction of sp³-hybridized carbons (Fsp3) is 0.400. The highest BCUT2D eigenvalue weighted by Crippen LogP contribution is 2.39. The van der Waals surface area contributed by atoms with Gasteiger partial charge in [-0.25, -0.2) is 4.79 Å². The first-order valence-corrected chi connectivity index (χ1v) is 6.83. The van der Waals surface area contributed by atoms with Crippen molar-refractivity contribution in [3.63, 3.8) is 0 Å². The minimum absolute atomic E-state index is 0.0253. The van der Waals surface area contributed by atoms with E-state index in [0.29, 0.717) is 17.7 Å². The molecule has 2 aliphatic rings. The molecule has 0 aliphatic carbocycles. The number of carboxylic acids is 1. The van der Waals surface area contributed by atoms with E-state index in [-0.39, 0.29) is 22.3 Å². The number of halogens is 2. The Kier molecular flexibility index (Phi) is 5.36. The standard InChI is InChI=1S/C9H9NO3S.CH2Cl2/c1-2-5-4-14-7-3-6(11)10(7)8(5)9(12)13;2-1-3/h2,7H,1,3-4H2,(H,12,13);1H2/t7-;/m1./s1. The van der Waals surface area contributed by atoms with E-state index in [2.05, 4.69) is 6.58 Å². The Hall–Kier alpha value is -0.650. The molecule has 1 amide bonds. The lowest BCUT2D eigenvalue weighted by Gasteiger charge is -2.43. The van der Waals surface area contributed by atoms with Crippen molar-refractivity contribution in [1.29, 1.82) is 0 Å². The number of thioether (sulfide) groups is 1. The molecule has 7 heteroatoms. The van der Waals surface area contributed by atoms with E-state index < -0.39 is 5.97 Å². The van der Waals surface area contributed by atoms with Crippen LogP contribution in [-0.4, -0.2) is 38.3 Å². The molecule has 0 bridgehead atoms. The molecule has 2 aliphatic heterocycles. The fourth-order valence-corrected chi connectivity index (χ4v) is 2.85. The normalized spacial score (nSPS) is 22.1. The first kappa shape index (κ1) is 14.4. The first-order valence-electron chi connectivity index (χ1n) is 4.71. The molecule has 4 nitrogen and oxygen atoms in total. The van der Waals surface area contributed by atoms with Gasteiger partial charge in [0.1, 0.15) is 5.70 Å². The summed E-state index contributed by atoms with van der Waals surface area (Å²) in [6.45, 7) is 3.55. The van der Waals surface area contributed by atoms with Crippen molar-refractivity contribution in [2.24, 2.45) is 0 Å². The molecule has 1 N–H and O–H groups in total. The Morgan fingerprint density at radius 2 is 2.24 bits per heavy atom. The average molecular weight is 296 g/mol. The molecule has 17 heavy (non-hydrogen) atoms. The van der Waals surface area contributed by atoms with Crippen LogP contribution in [0.3, 0.4) is 0 Å². The SMILES string of the molecule is C=CC1=C(C(=O)O)N2C(=O)C[C@H]2SC1.ClCCl. The van der Waals surface area contributed by atoms with Crippen molar-refractivity contribution >= 4 is 46.8 Å². The summed E-state index contributed by atoms with van der Waals surface area (Å²) in [5.74, 6) is -0.531. The lowest BCUT2D eigenvalue weighted by atomic mass is 10.1. The third kappa shape index (κ3) is 2.97. The Bertz CT molecular complexity index is 384. The minimum Gasteiger partial charge on any atom is -0.477 e. The van der Waals surface area contributed by atoms with Crippen molar-refractivity contribution in [3.8, 4) is 0 Å². The molecule has 0 saturated carbocycles. The molecule has 1 fully saturated rings. The Labute approximate surface area is 113 Å². The van der Waals surface area contributed by atoms with Crippen LogP contribution >= 0.6 is 35.0 Å². The number of carboxylic acid groups (broad SMARTS) is 1.